The average molecular weight is 727 g/mol. The van der Waals surface area contributed by atoms with Crippen molar-refractivity contribution in [2.24, 2.45) is 17.6 Å². The number of rotatable bonds is 13. The highest BCUT2D eigenvalue weighted by Crippen LogP contribution is 2.41. The van der Waals surface area contributed by atoms with Crippen molar-refractivity contribution < 1.29 is 32.3 Å². The minimum atomic E-state index is -3.52. The summed E-state index contributed by atoms with van der Waals surface area (Å²) in [7, 11) is -3.52. The summed E-state index contributed by atoms with van der Waals surface area (Å²) in [6.45, 7) is 9.37. The van der Waals surface area contributed by atoms with Gasteiger partial charge >= 0.3 is 6.09 Å². The first-order valence-corrected chi connectivity index (χ1v) is 17.8. The third-order valence-corrected chi connectivity index (χ3v) is 11.4. The number of nitrogens with zero attached hydrogens (tertiary/aromatic N) is 1. The highest BCUT2D eigenvalue weighted by molar-refractivity contribution is 14.1. The molecule has 3 aliphatic rings. The van der Waals surface area contributed by atoms with Gasteiger partial charge in [0.25, 0.3) is 0 Å². The molecule has 1 heterocycles. The van der Waals surface area contributed by atoms with E-state index in [2.05, 4.69) is 32.6 Å². The van der Waals surface area contributed by atoms with Crippen LogP contribution < -0.4 is 15.8 Å². The van der Waals surface area contributed by atoms with Crippen LogP contribution in [-0.2, 0) is 29.1 Å². The summed E-state index contributed by atoms with van der Waals surface area (Å²) in [6, 6.07) is -1.67. The van der Waals surface area contributed by atoms with E-state index in [0.29, 0.717) is 38.0 Å². The van der Waals surface area contributed by atoms with Crippen molar-refractivity contribution in [2.45, 2.75) is 105 Å². The number of sulfonamides is 1. The van der Waals surface area contributed by atoms with Gasteiger partial charge in [0.05, 0.1) is 5.25 Å². The van der Waals surface area contributed by atoms with E-state index in [9.17, 15) is 27.6 Å². The number of halogens is 1. The molecule has 0 aromatic carbocycles. The molecule has 0 aromatic rings. The van der Waals surface area contributed by atoms with Crippen molar-refractivity contribution >= 4 is 68.2 Å². The van der Waals surface area contributed by atoms with E-state index >= 15 is 0 Å². The van der Waals surface area contributed by atoms with Crippen LogP contribution in [0.3, 0.4) is 0 Å². The fourth-order valence-electron chi connectivity index (χ4n) is 4.72. The predicted molar refractivity (Wildman–Crippen MR) is 167 cm³/mol. The molecule has 2 saturated carbocycles. The van der Waals surface area contributed by atoms with Gasteiger partial charge in [0.15, 0.2) is 0 Å². The maximum Gasteiger partial charge on any atom is 0.408 e. The lowest BCUT2D eigenvalue weighted by molar-refractivity contribution is -0.139. The Kier molecular flexibility index (Phi) is 11.1. The molecule has 232 valence electrons. The summed E-state index contributed by atoms with van der Waals surface area (Å²) >= 11 is 3.74. The van der Waals surface area contributed by atoms with Gasteiger partial charge in [-0.25, -0.2) is 13.2 Å². The number of hydrogen-bond acceptors (Lipinski definition) is 8. The lowest BCUT2D eigenvalue weighted by Gasteiger charge is -2.37. The number of allylic oxidation sites excluding steroid dienone is 2. The second kappa shape index (κ2) is 13.4. The van der Waals surface area contributed by atoms with Crippen LogP contribution in [0.1, 0.15) is 73.1 Å². The van der Waals surface area contributed by atoms with Crippen LogP contribution >= 0.6 is 34.4 Å². The van der Waals surface area contributed by atoms with Crippen LogP contribution in [0.5, 0.6) is 0 Å². The summed E-state index contributed by atoms with van der Waals surface area (Å²) in [5, 5.41) is 2.34. The molecular weight excluding hydrogens is 683 g/mol. The molecule has 4 N–H and O–H groups in total. The number of alkyl halides is 1. The largest absolute Gasteiger partial charge is 0.444 e. The van der Waals surface area contributed by atoms with Gasteiger partial charge in [0.1, 0.15) is 17.7 Å². The van der Waals surface area contributed by atoms with Crippen molar-refractivity contribution in [3.63, 3.8) is 0 Å². The van der Waals surface area contributed by atoms with Crippen molar-refractivity contribution in [1.29, 1.82) is 0 Å². The number of hydrogen-bond donors (Lipinski definition) is 3. The van der Waals surface area contributed by atoms with E-state index in [1.54, 1.807) is 20.8 Å². The smallest absolute Gasteiger partial charge is 0.408 e. The Hall–Kier alpha value is -1.55. The number of nitrogens with two attached hydrogens (primary N) is 1. The molecule has 3 fully saturated rings. The third-order valence-electron chi connectivity index (χ3n) is 7.22. The topological polar surface area (TPSA) is 165 Å². The number of unbranched alkanes of at least 4 members (excludes halogenated alkanes) is 1. The predicted octanol–water partition coefficient (Wildman–Crippen LogP) is 2.86. The maximum atomic E-state index is 13.7. The quantitative estimate of drug-likeness (QED) is 0.113. The monoisotopic (exact) mass is 726 g/mol. The Morgan fingerprint density at radius 3 is 2.39 bits per heavy atom. The SMILES string of the molecule is CC(C)(C)OC(=O)N[C@H](C(=O)N1C[C@H](I)C[C@H]1C(N)=O)C(C)(C)SCCC/C=C\[C@@H]1C[C@@H]1C(=O)NS(=O)(=O)C1CC1. The minimum Gasteiger partial charge on any atom is -0.444 e. The molecule has 1 aliphatic heterocycles. The van der Waals surface area contributed by atoms with Gasteiger partial charge in [-0.05, 0) is 84.8 Å². The molecule has 2 aliphatic carbocycles. The number of alkyl carbamates (subject to hydrolysis) is 1. The normalized spacial score (nSPS) is 25.6. The van der Waals surface area contributed by atoms with E-state index in [0.717, 1.165) is 12.8 Å². The molecule has 1 saturated heterocycles. The third kappa shape index (κ3) is 10.0. The van der Waals surface area contributed by atoms with Gasteiger partial charge in [-0.3, -0.25) is 19.1 Å². The minimum absolute atomic E-state index is 0.0499. The Balaban J connectivity index is 1.53. The number of carbonyl (C=O) groups is 4. The van der Waals surface area contributed by atoms with Gasteiger partial charge in [0, 0.05) is 21.1 Å². The number of thioether (sulfide) groups is 1. The highest BCUT2D eigenvalue weighted by Gasteiger charge is 2.46. The summed E-state index contributed by atoms with van der Waals surface area (Å²) < 4.78 is 30.9. The molecule has 14 heteroatoms. The van der Waals surface area contributed by atoms with E-state index in [-0.39, 0.29) is 21.7 Å². The first kappa shape index (κ1) is 33.9. The van der Waals surface area contributed by atoms with Crippen molar-refractivity contribution in [2.75, 3.05) is 12.3 Å². The molecule has 11 nitrogen and oxygen atoms in total. The molecule has 0 spiro atoms. The zero-order chi connectivity index (χ0) is 30.8. The standard InChI is InChI=1S/C27H43IN4O7S2/c1-26(2,3)39-25(36)30-21(24(35)32-15-17(28)14-20(32)22(29)33)27(4,5)40-12-8-6-7-9-16-13-19(16)23(34)31-41(37,38)18-10-11-18/h7,9,16-21H,6,8,10-15H2,1-5H3,(H2,29,33)(H,30,36)(H,31,34)/b9-7-/t16-,17-,19+,20+,21-/m1/s1. The van der Waals surface area contributed by atoms with Gasteiger partial charge in [-0.15, -0.1) is 0 Å². The highest BCUT2D eigenvalue weighted by atomic mass is 127. The number of carbonyl (C=O) groups excluding carboxylic acids is 4. The first-order valence-electron chi connectivity index (χ1n) is 14.0. The second-order valence-corrected chi connectivity index (χ2v) is 18.0. The van der Waals surface area contributed by atoms with Crippen LogP contribution in [0.15, 0.2) is 12.2 Å². The molecule has 4 amide bonds. The average Bonchev–Trinajstić information content (AvgIpc) is 3.75. The number of nitrogens with one attached hydrogen (secondary N) is 2. The lowest BCUT2D eigenvalue weighted by atomic mass is 10.0. The van der Waals surface area contributed by atoms with Crippen LogP contribution in [0, 0.1) is 11.8 Å². The van der Waals surface area contributed by atoms with Gasteiger partial charge in [-0.1, -0.05) is 34.7 Å². The van der Waals surface area contributed by atoms with Crippen molar-refractivity contribution in [3.05, 3.63) is 12.2 Å². The van der Waals surface area contributed by atoms with Gasteiger partial charge < -0.3 is 20.7 Å². The van der Waals surface area contributed by atoms with E-state index in [1.165, 1.54) is 16.7 Å². The Morgan fingerprint density at radius 2 is 1.80 bits per heavy atom. The molecule has 41 heavy (non-hydrogen) atoms. The summed E-state index contributed by atoms with van der Waals surface area (Å²) in [4.78, 5) is 52.2. The van der Waals surface area contributed by atoms with Gasteiger partial charge in [-0.2, -0.15) is 11.8 Å². The second-order valence-electron chi connectivity index (χ2n) is 12.6. The summed E-state index contributed by atoms with van der Waals surface area (Å²) in [6.07, 6.45) is 7.15. The van der Waals surface area contributed by atoms with Crippen LogP contribution in [-0.4, -0.2) is 81.0 Å². The Labute approximate surface area is 261 Å². The number of primary amides is 1. The first-order chi connectivity index (χ1) is 18.9. The Bertz CT molecular complexity index is 1150. The zero-order valence-corrected chi connectivity index (χ0v) is 28.1. The Morgan fingerprint density at radius 1 is 1.15 bits per heavy atom. The molecule has 0 unspecified atom stereocenters. The molecular formula is C27H43IN4O7S2. The van der Waals surface area contributed by atoms with E-state index in [4.69, 9.17) is 10.5 Å². The number of amides is 4. The number of ether oxygens (including phenoxy) is 1. The lowest BCUT2D eigenvalue weighted by Crippen LogP contribution is -2.60. The summed E-state index contributed by atoms with van der Waals surface area (Å²) in [5.74, 6) is -0.893. The van der Waals surface area contributed by atoms with E-state index < -0.39 is 55.6 Å². The zero-order valence-electron chi connectivity index (χ0n) is 24.4. The van der Waals surface area contributed by atoms with Crippen LogP contribution in [0.25, 0.3) is 0 Å². The van der Waals surface area contributed by atoms with Crippen LogP contribution in [0.2, 0.25) is 0 Å². The van der Waals surface area contributed by atoms with Gasteiger partial charge in [0.2, 0.25) is 27.7 Å². The number of likely N-dealkylation sites (tertiary alicyclic amines) is 1. The molecule has 0 bridgehead atoms. The fourth-order valence-corrected chi connectivity index (χ4v) is 8.14. The van der Waals surface area contributed by atoms with Crippen molar-refractivity contribution in [1.82, 2.24) is 14.9 Å². The molecule has 0 radical (unpaired) electrons. The molecule has 5 atom stereocenters. The molecule has 0 aromatic heterocycles. The summed E-state index contributed by atoms with van der Waals surface area (Å²) in [5.41, 5.74) is 4.85. The van der Waals surface area contributed by atoms with E-state index in [1.807, 2.05) is 26.0 Å². The molecule has 3 rings (SSSR count). The fraction of sp³-hybridized carbons (Fsp3) is 0.778. The van der Waals surface area contributed by atoms with Crippen molar-refractivity contribution in [3.8, 4) is 0 Å². The maximum absolute atomic E-state index is 13.7. The van der Waals surface area contributed by atoms with Crippen LogP contribution in [0.4, 0.5) is 4.79 Å².